The second kappa shape index (κ2) is 10.8. The highest BCUT2D eigenvalue weighted by molar-refractivity contribution is 6.05. The third kappa shape index (κ3) is 6.80. The minimum absolute atomic E-state index is 0.0755. The average Bonchev–Trinajstić information content (AvgIpc) is 2.72. The van der Waals surface area contributed by atoms with Gasteiger partial charge in [-0.2, -0.15) is 5.10 Å². The standard InChI is InChI=1S/C22H28N4O4/c1-15(12-21(27)23-17-7-9-18(10-8-17)26(2)3)24-25-22(28)14-16-6-11-19(29-4)20(13-16)30-5/h6-11,13H,12,14H2,1-5H3,(H,23,27)(H,25,28)/b24-15-. The first-order valence-corrected chi connectivity index (χ1v) is 9.42. The van der Waals surface area contributed by atoms with Gasteiger partial charge in [-0.1, -0.05) is 6.07 Å². The first kappa shape index (κ1) is 22.7. The largest absolute Gasteiger partial charge is 0.493 e. The lowest BCUT2D eigenvalue weighted by Crippen LogP contribution is -2.23. The lowest BCUT2D eigenvalue weighted by Gasteiger charge is -2.13. The average molecular weight is 412 g/mol. The summed E-state index contributed by atoms with van der Waals surface area (Å²) in [5, 5.41) is 6.82. The second-order valence-electron chi connectivity index (χ2n) is 6.91. The van der Waals surface area contributed by atoms with Gasteiger partial charge in [-0.25, -0.2) is 5.43 Å². The van der Waals surface area contributed by atoms with Crippen molar-refractivity contribution in [2.75, 3.05) is 38.5 Å². The Hall–Kier alpha value is -3.55. The van der Waals surface area contributed by atoms with Crippen LogP contribution in [0, 0.1) is 0 Å². The first-order chi connectivity index (χ1) is 14.3. The lowest BCUT2D eigenvalue weighted by molar-refractivity contribution is -0.120. The van der Waals surface area contributed by atoms with E-state index in [9.17, 15) is 9.59 Å². The Morgan fingerprint density at radius 2 is 1.63 bits per heavy atom. The maximum absolute atomic E-state index is 12.2. The first-order valence-electron chi connectivity index (χ1n) is 9.42. The number of rotatable bonds is 9. The van der Waals surface area contributed by atoms with Crippen LogP contribution in [0.25, 0.3) is 0 Å². The summed E-state index contributed by atoms with van der Waals surface area (Å²) in [5.74, 6) is 0.653. The fraction of sp³-hybridized carbons (Fsp3) is 0.318. The van der Waals surface area contributed by atoms with Gasteiger partial charge in [-0.3, -0.25) is 9.59 Å². The summed E-state index contributed by atoms with van der Waals surface area (Å²) in [4.78, 5) is 26.3. The number of ether oxygens (including phenoxy) is 2. The highest BCUT2D eigenvalue weighted by atomic mass is 16.5. The molecule has 2 N–H and O–H groups in total. The number of amides is 2. The molecule has 30 heavy (non-hydrogen) atoms. The molecule has 0 atom stereocenters. The topological polar surface area (TPSA) is 92.3 Å². The molecule has 0 aliphatic heterocycles. The molecule has 0 bridgehead atoms. The van der Waals surface area contributed by atoms with Crippen molar-refractivity contribution in [3.8, 4) is 11.5 Å². The predicted octanol–water partition coefficient (Wildman–Crippen LogP) is 2.83. The van der Waals surface area contributed by atoms with E-state index in [0.29, 0.717) is 22.9 Å². The maximum atomic E-state index is 12.2. The highest BCUT2D eigenvalue weighted by Crippen LogP contribution is 2.27. The minimum Gasteiger partial charge on any atom is -0.493 e. The van der Waals surface area contributed by atoms with Crippen LogP contribution in [0.5, 0.6) is 11.5 Å². The van der Waals surface area contributed by atoms with Gasteiger partial charge in [0.25, 0.3) is 0 Å². The normalized spacial score (nSPS) is 10.9. The second-order valence-corrected chi connectivity index (χ2v) is 6.91. The van der Waals surface area contributed by atoms with E-state index in [4.69, 9.17) is 9.47 Å². The van der Waals surface area contributed by atoms with Crippen LogP contribution < -0.4 is 25.1 Å². The Bertz CT molecular complexity index is 908. The Kier molecular flexibility index (Phi) is 8.22. The molecular formula is C22H28N4O4. The van der Waals surface area contributed by atoms with E-state index >= 15 is 0 Å². The molecule has 0 saturated carbocycles. The van der Waals surface area contributed by atoms with Gasteiger partial charge in [-0.05, 0) is 48.9 Å². The number of hydrogen-bond acceptors (Lipinski definition) is 6. The Balaban J connectivity index is 1.85. The van der Waals surface area contributed by atoms with Gasteiger partial charge in [0.15, 0.2) is 11.5 Å². The van der Waals surface area contributed by atoms with E-state index in [0.717, 1.165) is 11.3 Å². The quantitative estimate of drug-likeness (QED) is 0.488. The number of benzene rings is 2. The summed E-state index contributed by atoms with van der Waals surface area (Å²) >= 11 is 0. The van der Waals surface area contributed by atoms with Crippen molar-refractivity contribution in [2.45, 2.75) is 19.8 Å². The van der Waals surface area contributed by atoms with Gasteiger partial charge in [0.2, 0.25) is 11.8 Å². The van der Waals surface area contributed by atoms with Crippen molar-refractivity contribution in [3.05, 3.63) is 48.0 Å². The molecule has 160 valence electrons. The summed E-state index contributed by atoms with van der Waals surface area (Å²) in [6, 6.07) is 12.8. The van der Waals surface area contributed by atoms with Gasteiger partial charge in [0, 0.05) is 31.2 Å². The number of nitrogens with zero attached hydrogens (tertiary/aromatic N) is 2. The van der Waals surface area contributed by atoms with Crippen molar-refractivity contribution in [2.24, 2.45) is 5.10 Å². The molecular weight excluding hydrogens is 384 g/mol. The molecule has 0 radical (unpaired) electrons. The lowest BCUT2D eigenvalue weighted by atomic mass is 10.1. The van der Waals surface area contributed by atoms with Crippen LogP contribution in [0.2, 0.25) is 0 Å². The van der Waals surface area contributed by atoms with E-state index in [2.05, 4.69) is 15.8 Å². The SMILES string of the molecule is COc1ccc(CC(=O)N/N=C(/C)CC(=O)Nc2ccc(N(C)C)cc2)cc1OC. The summed E-state index contributed by atoms with van der Waals surface area (Å²) < 4.78 is 10.4. The maximum Gasteiger partial charge on any atom is 0.244 e. The summed E-state index contributed by atoms with van der Waals surface area (Å²) in [5.41, 5.74) is 5.49. The van der Waals surface area contributed by atoms with Crippen molar-refractivity contribution >= 4 is 28.9 Å². The molecule has 2 rings (SSSR count). The third-order valence-electron chi connectivity index (χ3n) is 4.27. The van der Waals surface area contributed by atoms with Crippen molar-refractivity contribution in [1.82, 2.24) is 5.43 Å². The van der Waals surface area contributed by atoms with E-state index < -0.39 is 0 Å². The molecule has 8 nitrogen and oxygen atoms in total. The van der Waals surface area contributed by atoms with Crippen molar-refractivity contribution in [1.29, 1.82) is 0 Å². The van der Waals surface area contributed by atoms with Gasteiger partial charge >= 0.3 is 0 Å². The smallest absolute Gasteiger partial charge is 0.244 e. The Labute approximate surface area is 176 Å². The van der Waals surface area contributed by atoms with Crippen LogP contribution in [0.15, 0.2) is 47.6 Å². The fourth-order valence-corrected chi connectivity index (χ4v) is 2.69. The monoisotopic (exact) mass is 412 g/mol. The predicted molar refractivity (Wildman–Crippen MR) is 119 cm³/mol. The molecule has 2 aromatic rings. The van der Waals surface area contributed by atoms with Gasteiger partial charge in [-0.15, -0.1) is 0 Å². The van der Waals surface area contributed by atoms with E-state index in [1.165, 1.54) is 7.11 Å². The van der Waals surface area contributed by atoms with Crippen LogP contribution in [-0.2, 0) is 16.0 Å². The highest BCUT2D eigenvalue weighted by Gasteiger charge is 2.09. The van der Waals surface area contributed by atoms with Crippen molar-refractivity contribution < 1.29 is 19.1 Å². The zero-order valence-electron chi connectivity index (χ0n) is 18.0. The van der Waals surface area contributed by atoms with Gasteiger partial charge < -0.3 is 19.7 Å². The number of anilines is 2. The van der Waals surface area contributed by atoms with Crippen LogP contribution >= 0.6 is 0 Å². The summed E-state index contributed by atoms with van der Waals surface area (Å²) in [6.07, 6.45) is 0.202. The fourth-order valence-electron chi connectivity index (χ4n) is 2.69. The van der Waals surface area contributed by atoms with Crippen LogP contribution in [-0.4, -0.2) is 45.8 Å². The number of hydrazone groups is 1. The van der Waals surface area contributed by atoms with Gasteiger partial charge in [0.05, 0.1) is 27.1 Å². The molecule has 2 amide bonds. The third-order valence-corrected chi connectivity index (χ3v) is 4.27. The molecule has 2 aromatic carbocycles. The number of methoxy groups -OCH3 is 2. The summed E-state index contributed by atoms with van der Waals surface area (Å²) in [6.45, 7) is 1.69. The van der Waals surface area contributed by atoms with E-state index in [1.54, 1.807) is 32.2 Å². The van der Waals surface area contributed by atoms with Crippen LogP contribution in [0.1, 0.15) is 18.9 Å². The van der Waals surface area contributed by atoms with E-state index in [1.807, 2.05) is 43.3 Å². The minimum atomic E-state index is -0.291. The molecule has 0 aliphatic rings. The van der Waals surface area contributed by atoms with Gasteiger partial charge in [0.1, 0.15) is 0 Å². The molecule has 0 aliphatic carbocycles. The molecule has 0 spiro atoms. The van der Waals surface area contributed by atoms with Crippen molar-refractivity contribution in [3.63, 3.8) is 0 Å². The molecule has 0 saturated heterocycles. The molecule has 0 aromatic heterocycles. The number of carbonyl (C=O) groups is 2. The number of hydrogen-bond donors (Lipinski definition) is 2. The molecule has 0 fully saturated rings. The molecule has 0 unspecified atom stereocenters. The van der Waals surface area contributed by atoms with E-state index in [-0.39, 0.29) is 24.7 Å². The van der Waals surface area contributed by atoms with Crippen LogP contribution in [0.3, 0.4) is 0 Å². The molecule has 0 heterocycles. The summed E-state index contributed by atoms with van der Waals surface area (Å²) in [7, 11) is 6.99. The zero-order valence-corrected chi connectivity index (χ0v) is 18.0. The number of carbonyl (C=O) groups excluding carboxylic acids is 2. The van der Waals surface area contributed by atoms with Crippen LogP contribution in [0.4, 0.5) is 11.4 Å². The molecule has 8 heteroatoms. The zero-order chi connectivity index (χ0) is 22.1. The Morgan fingerprint density at radius 3 is 2.23 bits per heavy atom. The Morgan fingerprint density at radius 1 is 0.967 bits per heavy atom. The number of nitrogens with one attached hydrogen (secondary N) is 2.